The predicted molar refractivity (Wildman–Crippen MR) is 69.2 cm³/mol. The number of benzene rings is 1. The van der Waals surface area contributed by atoms with Crippen molar-refractivity contribution in [2.24, 2.45) is 0 Å². The zero-order valence-electron chi connectivity index (χ0n) is 10.7. The van der Waals surface area contributed by atoms with E-state index in [1.807, 2.05) is 0 Å². The molecule has 4 nitrogen and oxygen atoms in total. The highest BCUT2D eigenvalue weighted by Gasteiger charge is 2.09. The van der Waals surface area contributed by atoms with Crippen molar-refractivity contribution in [2.45, 2.75) is 26.2 Å². The number of aromatic carboxylic acids is 1. The molecule has 0 unspecified atom stereocenters. The second-order valence-electron chi connectivity index (χ2n) is 3.97. The zero-order chi connectivity index (χ0) is 13.2. The molecule has 1 rings (SSSR count). The van der Waals surface area contributed by atoms with E-state index in [2.05, 4.69) is 6.92 Å². The van der Waals surface area contributed by atoms with Gasteiger partial charge in [0.05, 0.1) is 6.61 Å². The Morgan fingerprint density at radius 2 is 1.94 bits per heavy atom. The molecule has 0 aliphatic carbocycles. The van der Waals surface area contributed by atoms with E-state index in [1.54, 1.807) is 18.2 Å². The number of rotatable bonds is 9. The molecule has 0 bridgehead atoms. The third kappa shape index (κ3) is 5.19. The molecule has 0 aliphatic heterocycles. The van der Waals surface area contributed by atoms with Crippen molar-refractivity contribution >= 4 is 5.97 Å². The third-order valence-corrected chi connectivity index (χ3v) is 2.49. The number of unbranched alkanes of at least 4 members (excludes halogenated alkanes) is 2. The van der Waals surface area contributed by atoms with Crippen LogP contribution in [-0.2, 0) is 4.74 Å². The summed E-state index contributed by atoms with van der Waals surface area (Å²) >= 11 is 0. The van der Waals surface area contributed by atoms with E-state index in [9.17, 15) is 4.79 Å². The second kappa shape index (κ2) is 8.53. The van der Waals surface area contributed by atoms with E-state index in [1.165, 1.54) is 18.9 Å². The fourth-order valence-electron chi connectivity index (χ4n) is 1.54. The van der Waals surface area contributed by atoms with Crippen molar-refractivity contribution in [1.29, 1.82) is 0 Å². The second-order valence-corrected chi connectivity index (χ2v) is 3.97. The van der Waals surface area contributed by atoms with Crippen LogP contribution in [0.5, 0.6) is 5.75 Å². The highest BCUT2D eigenvalue weighted by atomic mass is 16.5. The summed E-state index contributed by atoms with van der Waals surface area (Å²) in [5.41, 5.74) is 0.184. The number of ether oxygens (including phenoxy) is 2. The maximum atomic E-state index is 10.9. The van der Waals surface area contributed by atoms with E-state index in [0.717, 1.165) is 13.0 Å². The first-order valence-electron chi connectivity index (χ1n) is 6.28. The van der Waals surface area contributed by atoms with Gasteiger partial charge in [0, 0.05) is 6.61 Å². The van der Waals surface area contributed by atoms with Gasteiger partial charge in [-0.15, -0.1) is 0 Å². The van der Waals surface area contributed by atoms with Crippen LogP contribution in [0.1, 0.15) is 36.5 Å². The molecule has 0 spiro atoms. The van der Waals surface area contributed by atoms with Gasteiger partial charge in [-0.2, -0.15) is 0 Å². The number of carboxylic acids is 1. The van der Waals surface area contributed by atoms with Gasteiger partial charge in [0.25, 0.3) is 0 Å². The summed E-state index contributed by atoms with van der Waals surface area (Å²) in [4.78, 5) is 10.9. The van der Waals surface area contributed by atoms with E-state index < -0.39 is 5.97 Å². The summed E-state index contributed by atoms with van der Waals surface area (Å²) < 4.78 is 10.8. The standard InChI is InChI=1S/C14H20O4/c1-2-3-6-9-17-10-11-18-13-8-5-4-7-12(13)14(15)16/h4-5,7-8H,2-3,6,9-11H2,1H3,(H,15,16). The summed E-state index contributed by atoms with van der Waals surface area (Å²) in [6.07, 6.45) is 3.40. The number of carbonyl (C=O) groups is 1. The van der Waals surface area contributed by atoms with Crippen molar-refractivity contribution in [2.75, 3.05) is 19.8 Å². The van der Waals surface area contributed by atoms with Gasteiger partial charge in [0.2, 0.25) is 0 Å². The monoisotopic (exact) mass is 252 g/mol. The molecule has 0 amide bonds. The Labute approximate surface area is 108 Å². The van der Waals surface area contributed by atoms with Crippen LogP contribution in [-0.4, -0.2) is 30.9 Å². The van der Waals surface area contributed by atoms with Gasteiger partial charge in [-0.25, -0.2) is 4.79 Å². The Morgan fingerprint density at radius 3 is 2.67 bits per heavy atom. The lowest BCUT2D eigenvalue weighted by molar-refractivity contribution is 0.0684. The quantitative estimate of drug-likeness (QED) is 0.686. The minimum atomic E-state index is -0.977. The number of carboxylic acid groups (broad SMARTS) is 1. The lowest BCUT2D eigenvalue weighted by Gasteiger charge is -2.09. The first-order chi connectivity index (χ1) is 8.75. The highest BCUT2D eigenvalue weighted by molar-refractivity contribution is 5.90. The lowest BCUT2D eigenvalue weighted by atomic mass is 10.2. The van der Waals surface area contributed by atoms with Crippen LogP contribution in [0, 0.1) is 0 Å². The Bertz CT molecular complexity index is 363. The molecule has 0 saturated heterocycles. The van der Waals surface area contributed by atoms with Gasteiger partial charge in [-0.05, 0) is 18.6 Å². The lowest BCUT2D eigenvalue weighted by Crippen LogP contribution is -2.10. The van der Waals surface area contributed by atoms with Crippen molar-refractivity contribution < 1.29 is 19.4 Å². The normalized spacial score (nSPS) is 10.3. The maximum absolute atomic E-state index is 10.9. The van der Waals surface area contributed by atoms with Crippen LogP contribution in [0.2, 0.25) is 0 Å². The van der Waals surface area contributed by atoms with E-state index in [4.69, 9.17) is 14.6 Å². The van der Waals surface area contributed by atoms with Crippen LogP contribution in [0.4, 0.5) is 0 Å². The van der Waals surface area contributed by atoms with E-state index in [0.29, 0.717) is 19.0 Å². The molecular weight excluding hydrogens is 232 g/mol. The largest absolute Gasteiger partial charge is 0.490 e. The van der Waals surface area contributed by atoms with Gasteiger partial charge in [0.15, 0.2) is 0 Å². The van der Waals surface area contributed by atoms with Crippen LogP contribution in [0.25, 0.3) is 0 Å². The number of para-hydroxylation sites is 1. The smallest absolute Gasteiger partial charge is 0.339 e. The number of hydrogen-bond acceptors (Lipinski definition) is 3. The minimum Gasteiger partial charge on any atom is -0.490 e. The molecule has 1 N–H and O–H groups in total. The SMILES string of the molecule is CCCCCOCCOc1ccccc1C(=O)O. The van der Waals surface area contributed by atoms with Crippen LogP contribution in [0.3, 0.4) is 0 Å². The van der Waals surface area contributed by atoms with Crippen LogP contribution < -0.4 is 4.74 Å². The van der Waals surface area contributed by atoms with Gasteiger partial charge < -0.3 is 14.6 Å². The molecule has 0 fully saturated rings. The molecule has 0 heterocycles. The molecule has 0 aromatic heterocycles. The van der Waals surface area contributed by atoms with E-state index >= 15 is 0 Å². The minimum absolute atomic E-state index is 0.184. The maximum Gasteiger partial charge on any atom is 0.339 e. The molecule has 0 radical (unpaired) electrons. The average molecular weight is 252 g/mol. The fourth-order valence-corrected chi connectivity index (χ4v) is 1.54. The molecule has 4 heteroatoms. The summed E-state index contributed by atoms with van der Waals surface area (Å²) in [6, 6.07) is 6.61. The Balaban J connectivity index is 2.25. The third-order valence-electron chi connectivity index (χ3n) is 2.49. The number of hydrogen-bond donors (Lipinski definition) is 1. The Kier molecular flexibility index (Phi) is 6.87. The van der Waals surface area contributed by atoms with Gasteiger partial charge in [-0.3, -0.25) is 0 Å². The van der Waals surface area contributed by atoms with Crippen molar-refractivity contribution in [3.63, 3.8) is 0 Å². The summed E-state index contributed by atoms with van der Waals surface area (Å²) in [5, 5.41) is 8.95. The van der Waals surface area contributed by atoms with Crippen molar-refractivity contribution in [3.8, 4) is 5.75 Å². The molecule has 0 atom stereocenters. The molecule has 100 valence electrons. The fraction of sp³-hybridized carbons (Fsp3) is 0.500. The van der Waals surface area contributed by atoms with Crippen molar-refractivity contribution in [1.82, 2.24) is 0 Å². The Morgan fingerprint density at radius 1 is 1.17 bits per heavy atom. The molecule has 1 aromatic carbocycles. The van der Waals surface area contributed by atoms with Gasteiger partial charge in [0.1, 0.15) is 17.9 Å². The van der Waals surface area contributed by atoms with Gasteiger partial charge >= 0.3 is 5.97 Å². The molecule has 0 saturated carbocycles. The highest BCUT2D eigenvalue weighted by Crippen LogP contribution is 2.17. The first kappa shape index (κ1) is 14.5. The molecule has 0 aliphatic rings. The van der Waals surface area contributed by atoms with Crippen LogP contribution >= 0.6 is 0 Å². The zero-order valence-corrected chi connectivity index (χ0v) is 10.7. The summed E-state index contributed by atoms with van der Waals surface area (Å²) in [7, 11) is 0. The van der Waals surface area contributed by atoms with E-state index in [-0.39, 0.29) is 5.56 Å². The summed E-state index contributed by atoms with van der Waals surface area (Å²) in [6.45, 7) is 3.73. The Hall–Kier alpha value is -1.55. The molecule has 18 heavy (non-hydrogen) atoms. The van der Waals surface area contributed by atoms with Crippen LogP contribution in [0.15, 0.2) is 24.3 Å². The predicted octanol–water partition coefficient (Wildman–Crippen LogP) is 2.97. The molecule has 1 aromatic rings. The van der Waals surface area contributed by atoms with Crippen molar-refractivity contribution in [3.05, 3.63) is 29.8 Å². The average Bonchev–Trinajstić information content (AvgIpc) is 2.38. The topological polar surface area (TPSA) is 55.8 Å². The first-order valence-corrected chi connectivity index (χ1v) is 6.28. The molecular formula is C14H20O4. The summed E-state index contributed by atoms with van der Waals surface area (Å²) in [5.74, 6) is -0.586. The van der Waals surface area contributed by atoms with Gasteiger partial charge in [-0.1, -0.05) is 31.9 Å².